The maximum atomic E-state index is 6.45. The van der Waals surface area contributed by atoms with Crippen LogP contribution in [-0.4, -0.2) is 4.57 Å². The van der Waals surface area contributed by atoms with Gasteiger partial charge in [0.1, 0.15) is 11.2 Å². The average Bonchev–Trinajstić information content (AvgIpc) is 3.76. The van der Waals surface area contributed by atoms with Crippen LogP contribution in [0.5, 0.6) is 0 Å². The van der Waals surface area contributed by atoms with E-state index >= 15 is 0 Å². The summed E-state index contributed by atoms with van der Waals surface area (Å²) in [5.74, 6) is 0. The van der Waals surface area contributed by atoms with Crippen molar-refractivity contribution in [3.8, 4) is 50.2 Å². The molecule has 0 spiro atoms. The molecular weight excluding hydrogens is 655 g/mol. The Morgan fingerprint density at radius 2 is 0.963 bits per heavy atom. The minimum absolute atomic E-state index is 0.885. The first kappa shape index (κ1) is 33.2. The Bertz CT molecular complexity index is 2930. The van der Waals surface area contributed by atoms with Gasteiger partial charge in [0, 0.05) is 27.2 Å². The van der Waals surface area contributed by atoms with E-state index in [0.717, 1.165) is 33.2 Å². The number of hydrogen-bond donors (Lipinski definition) is 0. The number of nitrogens with zero attached hydrogens (tertiary/aromatic N) is 1. The van der Waals surface area contributed by atoms with Gasteiger partial charge in [-0.1, -0.05) is 153 Å². The molecule has 0 bridgehead atoms. The van der Waals surface area contributed by atoms with Crippen LogP contribution in [0.25, 0.3) is 93.9 Å². The van der Waals surface area contributed by atoms with Crippen LogP contribution in [-0.2, 0) is 0 Å². The minimum atomic E-state index is 0.885. The van der Waals surface area contributed by atoms with Gasteiger partial charge in [0.05, 0.1) is 11.0 Å². The lowest BCUT2D eigenvalue weighted by molar-refractivity contribution is 0.669. The third-order valence-corrected chi connectivity index (χ3v) is 10.3. The molecule has 10 aromatic rings. The van der Waals surface area contributed by atoms with Gasteiger partial charge in [-0.2, -0.15) is 0 Å². The largest absolute Gasteiger partial charge is 0.456 e. The molecule has 0 N–H and O–H groups in total. The Balaban J connectivity index is 0.00000124. The first-order valence-electron chi connectivity index (χ1n) is 18.9. The maximum Gasteiger partial charge on any atom is 0.135 e. The number of aryl methyl sites for hydroxylation is 1. The lowest BCUT2D eigenvalue weighted by Gasteiger charge is -2.14. The molecule has 54 heavy (non-hydrogen) atoms. The summed E-state index contributed by atoms with van der Waals surface area (Å²) < 4.78 is 8.84. The molecular formula is C52H41NO. The SMILES string of the molecule is CCC.Cc1cccc(-c2ccc(-c3ccc4oc5ccc(-n6c7ccccc7c7cc(-c8ccccc8)ccc76)cc5c4c3)c(-c3ccccc3)c2)c1. The van der Waals surface area contributed by atoms with Crippen molar-refractivity contribution in [1.82, 2.24) is 4.57 Å². The second kappa shape index (κ2) is 14.1. The average molecular weight is 696 g/mol. The van der Waals surface area contributed by atoms with E-state index in [2.05, 4.69) is 207 Å². The van der Waals surface area contributed by atoms with E-state index in [1.54, 1.807) is 0 Å². The van der Waals surface area contributed by atoms with E-state index in [1.807, 2.05) is 0 Å². The van der Waals surface area contributed by atoms with Crippen LogP contribution in [0.1, 0.15) is 25.8 Å². The van der Waals surface area contributed by atoms with Crippen molar-refractivity contribution in [2.75, 3.05) is 0 Å². The Kier molecular flexibility index (Phi) is 8.65. The summed E-state index contributed by atoms with van der Waals surface area (Å²) in [7, 11) is 0. The number of fused-ring (bicyclic) bond motifs is 6. The molecule has 0 amide bonds. The Hall–Kier alpha value is -6.64. The van der Waals surface area contributed by atoms with Gasteiger partial charge in [-0.3, -0.25) is 0 Å². The smallest absolute Gasteiger partial charge is 0.135 e. The van der Waals surface area contributed by atoms with Crippen LogP contribution < -0.4 is 0 Å². The summed E-state index contributed by atoms with van der Waals surface area (Å²) in [5, 5.41) is 4.70. The van der Waals surface area contributed by atoms with Crippen LogP contribution in [0.3, 0.4) is 0 Å². The zero-order valence-corrected chi connectivity index (χ0v) is 30.9. The number of aromatic nitrogens is 1. The van der Waals surface area contributed by atoms with Crippen molar-refractivity contribution in [1.29, 1.82) is 0 Å². The predicted octanol–water partition coefficient (Wildman–Crippen LogP) is 15.1. The van der Waals surface area contributed by atoms with E-state index in [0.29, 0.717) is 0 Å². The van der Waals surface area contributed by atoms with Gasteiger partial charge in [-0.25, -0.2) is 0 Å². The number of para-hydroxylation sites is 1. The number of benzene rings is 8. The van der Waals surface area contributed by atoms with Crippen molar-refractivity contribution < 1.29 is 4.42 Å². The normalized spacial score (nSPS) is 11.3. The number of rotatable bonds is 5. The molecule has 2 heterocycles. The van der Waals surface area contributed by atoms with Crippen molar-refractivity contribution in [3.63, 3.8) is 0 Å². The molecule has 0 aliphatic rings. The zero-order chi connectivity index (χ0) is 36.6. The quantitative estimate of drug-likeness (QED) is 0.175. The molecule has 0 aliphatic heterocycles. The molecule has 0 fully saturated rings. The monoisotopic (exact) mass is 695 g/mol. The summed E-state index contributed by atoms with van der Waals surface area (Å²) in [6.45, 7) is 6.40. The van der Waals surface area contributed by atoms with Gasteiger partial charge < -0.3 is 8.98 Å². The Morgan fingerprint density at radius 1 is 0.389 bits per heavy atom. The highest BCUT2D eigenvalue weighted by Crippen LogP contribution is 2.41. The van der Waals surface area contributed by atoms with Crippen LogP contribution in [0, 0.1) is 6.92 Å². The summed E-state index contributed by atoms with van der Waals surface area (Å²) in [6.07, 6.45) is 1.25. The maximum absolute atomic E-state index is 6.45. The minimum Gasteiger partial charge on any atom is -0.456 e. The molecule has 0 radical (unpaired) electrons. The highest BCUT2D eigenvalue weighted by molar-refractivity contribution is 6.12. The topological polar surface area (TPSA) is 18.1 Å². The molecule has 0 saturated carbocycles. The van der Waals surface area contributed by atoms with Gasteiger partial charge in [0.25, 0.3) is 0 Å². The summed E-state index contributed by atoms with van der Waals surface area (Å²) in [4.78, 5) is 0. The van der Waals surface area contributed by atoms with Gasteiger partial charge in [-0.15, -0.1) is 0 Å². The van der Waals surface area contributed by atoms with Crippen LogP contribution in [0.2, 0.25) is 0 Å². The molecule has 2 nitrogen and oxygen atoms in total. The standard InChI is InChI=1S/C49H33NO.C3H8/c1-32-11-10-16-35(27-32)37-19-23-40(42(28-37)34-14-6-3-7-15-34)38-21-25-48-44(30-38)45-31-39(22-26-49(45)51-48)50-46-18-9-8-17-41(46)43-29-36(20-24-47(43)50)33-12-4-2-5-13-33;1-3-2/h2-31H,1H3;3H2,1-2H3. The van der Waals surface area contributed by atoms with E-state index in [-0.39, 0.29) is 0 Å². The fourth-order valence-electron chi connectivity index (χ4n) is 7.79. The summed E-state index contributed by atoms with van der Waals surface area (Å²) in [6, 6.07) is 65.7. The lowest BCUT2D eigenvalue weighted by atomic mass is 9.90. The molecule has 0 atom stereocenters. The highest BCUT2D eigenvalue weighted by atomic mass is 16.3. The Morgan fingerprint density at radius 3 is 1.74 bits per heavy atom. The third-order valence-electron chi connectivity index (χ3n) is 10.3. The first-order chi connectivity index (χ1) is 26.6. The second-order valence-corrected chi connectivity index (χ2v) is 14.1. The van der Waals surface area contributed by atoms with Crippen LogP contribution >= 0.6 is 0 Å². The van der Waals surface area contributed by atoms with Gasteiger partial charge >= 0.3 is 0 Å². The van der Waals surface area contributed by atoms with Crippen molar-refractivity contribution >= 4 is 43.7 Å². The van der Waals surface area contributed by atoms with Crippen molar-refractivity contribution in [3.05, 3.63) is 188 Å². The third kappa shape index (κ3) is 5.96. The summed E-state index contributed by atoms with van der Waals surface area (Å²) in [5.41, 5.74) is 16.2. The lowest BCUT2D eigenvalue weighted by Crippen LogP contribution is -1.93. The Labute approximate surface area is 316 Å². The number of hydrogen-bond acceptors (Lipinski definition) is 1. The molecule has 2 heteroatoms. The van der Waals surface area contributed by atoms with E-state index < -0.39 is 0 Å². The van der Waals surface area contributed by atoms with Gasteiger partial charge in [0.15, 0.2) is 0 Å². The molecule has 0 aliphatic carbocycles. The van der Waals surface area contributed by atoms with Crippen molar-refractivity contribution in [2.24, 2.45) is 0 Å². The van der Waals surface area contributed by atoms with E-state index in [4.69, 9.17) is 4.42 Å². The first-order valence-corrected chi connectivity index (χ1v) is 18.9. The zero-order valence-electron chi connectivity index (χ0n) is 30.9. The molecule has 260 valence electrons. The molecule has 2 aromatic heterocycles. The number of furan rings is 1. The van der Waals surface area contributed by atoms with Gasteiger partial charge in [-0.05, 0) is 106 Å². The van der Waals surface area contributed by atoms with Crippen LogP contribution in [0.15, 0.2) is 186 Å². The van der Waals surface area contributed by atoms with Crippen molar-refractivity contribution in [2.45, 2.75) is 27.2 Å². The fourth-order valence-corrected chi connectivity index (χ4v) is 7.79. The van der Waals surface area contributed by atoms with Gasteiger partial charge in [0.2, 0.25) is 0 Å². The molecule has 0 unspecified atom stereocenters. The highest BCUT2D eigenvalue weighted by Gasteiger charge is 2.17. The van der Waals surface area contributed by atoms with Crippen LogP contribution in [0.4, 0.5) is 0 Å². The fraction of sp³-hybridized carbons (Fsp3) is 0.0769. The predicted molar refractivity (Wildman–Crippen MR) is 231 cm³/mol. The second-order valence-electron chi connectivity index (χ2n) is 14.1. The van der Waals surface area contributed by atoms with E-state index in [1.165, 1.54) is 72.7 Å². The van der Waals surface area contributed by atoms with E-state index in [9.17, 15) is 0 Å². The molecule has 10 rings (SSSR count). The molecule has 0 saturated heterocycles. The molecule has 8 aromatic carbocycles. The summed E-state index contributed by atoms with van der Waals surface area (Å²) >= 11 is 0.